The number of hydrogen-bond donors (Lipinski definition) is 1. The summed E-state index contributed by atoms with van der Waals surface area (Å²) in [5.41, 5.74) is 5.60. The summed E-state index contributed by atoms with van der Waals surface area (Å²) in [6.45, 7) is 4.32. The Kier molecular flexibility index (Phi) is 5.74. The summed E-state index contributed by atoms with van der Waals surface area (Å²) in [7, 11) is -1.57. The molecule has 8 nitrogen and oxygen atoms in total. The van der Waals surface area contributed by atoms with Gasteiger partial charge in [-0.05, 0) is 30.0 Å². The first-order valence-electron chi connectivity index (χ1n) is 8.10. The van der Waals surface area contributed by atoms with Crippen molar-refractivity contribution in [3.8, 4) is 0 Å². The highest BCUT2D eigenvalue weighted by molar-refractivity contribution is 7.89. The molecule has 1 unspecified atom stereocenters. The quantitative estimate of drug-likeness (QED) is 0.770. The molecule has 1 atom stereocenters. The zero-order chi connectivity index (χ0) is 19.7. The zero-order valence-corrected chi connectivity index (χ0v) is 16.1. The Labute approximate surface area is 153 Å². The number of hydrogen-bond acceptors (Lipinski definition) is 7. The first kappa shape index (κ1) is 20.3. The zero-order valence-electron chi connectivity index (χ0n) is 15.3. The molecule has 1 aromatic rings. The van der Waals surface area contributed by atoms with Gasteiger partial charge in [0.25, 0.3) is 0 Å². The lowest BCUT2D eigenvalue weighted by molar-refractivity contribution is 0.0598. The van der Waals surface area contributed by atoms with Crippen LogP contribution in [0, 0.1) is 5.41 Å². The average molecular weight is 384 g/mol. The molecular weight excluding hydrogens is 360 g/mol. The fraction of sp³-hybridized carbons (Fsp3) is 0.529. The van der Waals surface area contributed by atoms with E-state index in [0.29, 0.717) is 6.42 Å². The average Bonchev–Trinajstić information content (AvgIpc) is 2.61. The van der Waals surface area contributed by atoms with Gasteiger partial charge in [-0.25, -0.2) is 18.0 Å². The molecule has 26 heavy (non-hydrogen) atoms. The van der Waals surface area contributed by atoms with Crippen molar-refractivity contribution in [1.82, 2.24) is 4.31 Å². The highest BCUT2D eigenvalue weighted by atomic mass is 32.2. The molecule has 0 radical (unpaired) electrons. The van der Waals surface area contributed by atoms with Gasteiger partial charge in [-0.2, -0.15) is 4.31 Å². The fourth-order valence-corrected chi connectivity index (χ4v) is 4.60. The summed E-state index contributed by atoms with van der Waals surface area (Å²) in [6, 6.07) is 3.54. The molecule has 1 aliphatic heterocycles. The van der Waals surface area contributed by atoms with Crippen LogP contribution in [0.25, 0.3) is 0 Å². The number of methoxy groups -OCH3 is 2. The number of nitrogens with zero attached hydrogens (tertiary/aromatic N) is 1. The number of esters is 2. The minimum Gasteiger partial charge on any atom is -0.465 e. The van der Waals surface area contributed by atoms with Crippen molar-refractivity contribution in [1.29, 1.82) is 0 Å². The van der Waals surface area contributed by atoms with Gasteiger partial charge in [0.15, 0.2) is 0 Å². The van der Waals surface area contributed by atoms with E-state index in [0.717, 1.165) is 0 Å². The highest BCUT2D eigenvalue weighted by Gasteiger charge is 2.39. The number of nitrogens with two attached hydrogens (primary N) is 1. The van der Waals surface area contributed by atoms with Crippen molar-refractivity contribution in [2.75, 3.05) is 27.3 Å². The fourth-order valence-electron chi connectivity index (χ4n) is 2.90. The molecule has 2 rings (SSSR count). The van der Waals surface area contributed by atoms with Gasteiger partial charge < -0.3 is 15.2 Å². The second-order valence-electron chi connectivity index (χ2n) is 6.95. The summed E-state index contributed by atoms with van der Waals surface area (Å²) >= 11 is 0. The van der Waals surface area contributed by atoms with E-state index in [1.807, 2.05) is 13.8 Å². The lowest BCUT2D eigenvalue weighted by atomic mass is 9.81. The predicted octanol–water partition coefficient (Wildman–Crippen LogP) is 1.01. The van der Waals surface area contributed by atoms with Gasteiger partial charge in [0.2, 0.25) is 10.0 Å². The Morgan fingerprint density at radius 1 is 1.12 bits per heavy atom. The number of sulfonamides is 1. The van der Waals surface area contributed by atoms with Crippen molar-refractivity contribution in [3.63, 3.8) is 0 Å². The van der Waals surface area contributed by atoms with Crippen LogP contribution < -0.4 is 5.73 Å². The summed E-state index contributed by atoms with van der Waals surface area (Å²) < 4.78 is 36.8. The molecule has 144 valence electrons. The van der Waals surface area contributed by atoms with Crippen LogP contribution in [0.5, 0.6) is 0 Å². The first-order valence-corrected chi connectivity index (χ1v) is 9.54. The molecule has 0 amide bonds. The Morgan fingerprint density at radius 3 is 2.04 bits per heavy atom. The largest absolute Gasteiger partial charge is 0.465 e. The lowest BCUT2D eigenvalue weighted by Gasteiger charge is -2.41. The van der Waals surface area contributed by atoms with Crippen molar-refractivity contribution in [2.24, 2.45) is 11.1 Å². The van der Waals surface area contributed by atoms with Gasteiger partial charge in [0.1, 0.15) is 0 Å². The molecule has 0 aromatic heterocycles. The van der Waals surface area contributed by atoms with Gasteiger partial charge in [0, 0.05) is 19.1 Å². The molecule has 1 heterocycles. The van der Waals surface area contributed by atoms with E-state index < -0.39 is 27.4 Å². The van der Waals surface area contributed by atoms with Crippen LogP contribution in [0.2, 0.25) is 0 Å². The number of carbonyl (C=O) groups excluding carboxylic acids is 2. The Balaban J connectivity index is 2.51. The molecule has 0 bridgehead atoms. The maximum atomic E-state index is 13.1. The molecule has 9 heteroatoms. The molecule has 1 saturated heterocycles. The lowest BCUT2D eigenvalue weighted by Crippen LogP contribution is -2.53. The van der Waals surface area contributed by atoms with Crippen LogP contribution in [0.4, 0.5) is 0 Å². The summed E-state index contributed by atoms with van der Waals surface area (Å²) in [5.74, 6) is -1.48. The van der Waals surface area contributed by atoms with E-state index in [1.54, 1.807) is 0 Å². The van der Waals surface area contributed by atoms with Crippen LogP contribution in [-0.4, -0.2) is 58.0 Å². The predicted molar refractivity (Wildman–Crippen MR) is 94.3 cm³/mol. The van der Waals surface area contributed by atoms with E-state index in [2.05, 4.69) is 9.47 Å². The third-order valence-corrected chi connectivity index (χ3v) is 6.49. The van der Waals surface area contributed by atoms with Gasteiger partial charge in [0.05, 0.1) is 30.2 Å². The molecule has 1 fully saturated rings. The first-order chi connectivity index (χ1) is 12.0. The van der Waals surface area contributed by atoms with Gasteiger partial charge >= 0.3 is 11.9 Å². The summed E-state index contributed by atoms with van der Waals surface area (Å²) in [5, 5.41) is 0. The van der Waals surface area contributed by atoms with Crippen molar-refractivity contribution >= 4 is 22.0 Å². The molecule has 0 aliphatic carbocycles. The van der Waals surface area contributed by atoms with Crippen molar-refractivity contribution in [2.45, 2.75) is 31.2 Å². The highest BCUT2D eigenvalue weighted by Crippen LogP contribution is 2.31. The molecular formula is C17H24N2O6S. The number of ether oxygens (including phenoxy) is 2. The van der Waals surface area contributed by atoms with Crippen LogP contribution in [0.3, 0.4) is 0 Å². The smallest absolute Gasteiger partial charge is 0.337 e. The molecule has 0 spiro atoms. The topological polar surface area (TPSA) is 116 Å². The minimum atomic E-state index is -3.92. The summed E-state index contributed by atoms with van der Waals surface area (Å²) in [4.78, 5) is 23.6. The second kappa shape index (κ2) is 7.34. The third-order valence-electron chi connectivity index (χ3n) is 4.66. The monoisotopic (exact) mass is 384 g/mol. The van der Waals surface area contributed by atoms with E-state index in [-0.39, 0.29) is 35.2 Å². The van der Waals surface area contributed by atoms with Gasteiger partial charge in [-0.15, -0.1) is 0 Å². The molecule has 1 aliphatic rings. The number of piperidine rings is 1. The van der Waals surface area contributed by atoms with Gasteiger partial charge in [-0.3, -0.25) is 0 Å². The number of carbonyl (C=O) groups is 2. The maximum Gasteiger partial charge on any atom is 0.337 e. The number of benzene rings is 1. The second-order valence-corrected chi connectivity index (χ2v) is 8.89. The Morgan fingerprint density at radius 2 is 1.62 bits per heavy atom. The van der Waals surface area contributed by atoms with Crippen LogP contribution in [-0.2, 0) is 19.5 Å². The van der Waals surface area contributed by atoms with E-state index in [1.165, 1.54) is 36.7 Å². The molecule has 2 N–H and O–H groups in total. The molecule has 1 aromatic carbocycles. The number of rotatable bonds is 4. The van der Waals surface area contributed by atoms with Crippen LogP contribution >= 0.6 is 0 Å². The van der Waals surface area contributed by atoms with Crippen LogP contribution in [0.1, 0.15) is 41.0 Å². The maximum absolute atomic E-state index is 13.1. The van der Waals surface area contributed by atoms with E-state index >= 15 is 0 Å². The van der Waals surface area contributed by atoms with E-state index in [9.17, 15) is 18.0 Å². The SMILES string of the molecule is COC(=O)c1cc(C(=O)OC)cc(S(=O)(=O)N2CCC(N)C(C)(C)C2)c1. The minimum absolute atomic E-state index is 0.0399. The Hall–Kier alpha value is -1.97. The normalized spacial score (nSPS) is 20.4. The summed E-state index contributed by atoms with van der Waals surface area (Å²) in [6.07, 6.45) is 0.521. The van der Waals surface area contributed by atoms with E-state index in [4.69, 9.17) is 5.73 Å². The van der Waals surface area contributed by atoms with Crippen molar-refractivity contribution in [3.05, 3.63) is 29.3 Å². The standard InChI is InChI=1S/C17H24N2O6S/c1-17(2)10-19(6-5-14(17)18)26(22,23)13-8-11(15(20)24-3)7-12(9-13)16(21)25-4/h7-9,14H,5-6,10,18H2,1-4H3. The van der Waals surface area contributed by atoms with Gasteiger partial charge in [-0.1, -0.05) is 13.8 Å². The van der Waals surface area contributed by atoms with Crippen LogP contribution in [0.15, 0.2) is 23.1 Å². The Bertz CT molecular complexity index is 784. The third kappa shape index (κ3) is 3.89. The molecule has 0 saturated carbocycles. The van der Waals surface area contributed by atoms with Crippen molar-refractivity contribution < 1.29 is 27.5 Å².